The highest BCUT2D eigenvalue weighted by Crippen LogP contribution is 2.33. The van der Waals surface area contributed by atoms with E-state index in [4.69, 9.17) is 4.42 Å². The third-order valence-electron chi connectivity index (χ3n) is 4.10. The fraction of sp³-hybridized carbons (Fsp3) is 0.200. The Hall–Kier alpha value is -2.60. The first kappa shape index (κ1) is 18.2. The molecule has 2 N–H and O–H groups in total. The van der Waals surface area contributed by atoms with E-state index in [-0.39, 0.29) is 16.9 Å². The molecule has 2 aromatic carbocycles. The third-order valence-corrected chi connectivity index (χ3v) is 4.59. The topological polar surface area (TPSA) is 79.5 Å². The van der Waals surface area contributed by atoms with Gasteiger partial charge in [-0.1, -0.05) is 48.8 Å². The van der Waals surface area contributed by atoms with E-state index in [2.05, 4.69) is 42.0 Å². The molecule has 0 aliphatic carbocycles. The molecule has 6 heteroatoms. The van der Waals surface area contributed by atoms with Crippen LogP contribution in [0.25, 0.3) is 11.0 Å². The maximum Gasteiger partial charge on any atom is 0.374 e. The van der Waals surface area contributed by atoms with Gasteiger partial charge in [0.05, 0.1) is 0 Å². The van der Waals surface area contributed by atoms with Crippen molar-refractivity contribution in [2.45, 2.75) is 26.2 Å². The van der Waals surface area contributed by atoms with Crippen molar-refractivity contribution in [2.24, 2.45) is 0 Å². The number of anilines is 1. The number of carbonyl (C=O) groups is 2. The zero-order valence-corrected chi connectivity index (χ0v) is 16.2. The number of carboxylic acid groups (broad SMARTS) is 1. The van der Waals surface area contributed by atoms with Crippen LogP contribution in [0.4, 0.5) is 5.69 Å². The summed E-state index contributed by atoms with van der Waals surface area (Å²) in [6, 6.07) is 12.4. The lowest BCUT2D eigenvalue weighted by Gasteiger charge is -2.19. The van der Waals surface area contributed by atoms with Gasteiger partial charge >= 0.3 is 5.97 Å². The second-order valence-electron chi connectivity index (χ2n) is 7.03. The highest BCUT2D eigenvalue weighted by Gasteiger charge is 2.23. The molecule has 0 saturated carbocycles. The van der Waals surface area contributed by atoms with Gasteiger partial charge in [-0.25, -0.2) is 4.79 Å². The van der Waals surface area contributed by atoms with E-state index >= 15 is 0 Å². The fourth-order valence-corrected chi connectivity index (χ4v) is 3.01. The number of amides is 1. The number of benzene rings is 2. The van der Waals surface area contributed by atoms with Crippen molar-refractivity contribution in [1.29, 1.82) is 0 Å². The Kier molecular flexibility index (Phi) is 4.63. The van der Waals surface area contributed by atoms with Crippen LogP contribution in [0, 0.1) is 0 Å². The molecule has 0 saturated heterocycles. The molecule has 1 heterocycles. The van der Waals surface area contributed by atoms with Crippen molar-refractivity contribution in [3.05, 3.63) is 63.8 Å². The molecule has 0 aliphatic rings. The van der Waals surface area contributed by atoms with Gasteiger partial charge in [-0.05, 0) is 41.3 Å². The smallest absolute Gasteiger partial charge is 0.374 e. The summed E-state index contributed by atoms with van der Waals surface area (Å²) < 4.78 is 6.14. The van der Waals surface area contributed by atoms with Crippen molar-refractivity contribution in [2.75, 3.05) is 5.32 Å². The Labute approximate surface area is 159 Å². The van der Waals surface area contributed by atoms with Crippen LogP contribution in [0.1, 0.15) is 47.2 Å². The fourth-order valence-electron chi connectivity index (χ4n) is 2.65. The van der Waals surface area contributed by atoms with Crippen LogP contribution in [0.2, 0.25) is 0 Å². The number of rotatable bonds is 3. The molecular formula is C20H18BrNO4. The molecular weight excluding hydrogens is 398 g/mol. The molecule has 0 aliphatic heterocycles. The van der Waals surface area contributed by atoms with E-state index < -0.39 is 11.9 Å². The van der Waals surface area contributed by atoms with Gasteiger partial charge in [0, 0.05) is 15.4 Å². The van der Waals surface area contributed by atoms with E-state index in [0.717, 1.165) is 10.0 Å². The molecule has 134 valence electrons. The minimum Gasteiger partial charge on any atom is -0.475 e. The number of hydrogen-bond donors (Lipinski definition) is 2. The molecule has 3 aromatic rings. The quantitative estimate of drug-likeness (QED) is 0.596. The predicted octanol–water partition coefficient (Wildman–Crippen LogP) is 5.44. The SMILES string of the molecule is CC(C)(C)c1ccc(C(=O)Nc2c(C(=O)O)oc3ccc(Br)cc23)cc1. The van der Waals surface area contributed by atoms with Crippen molar-refractivity contribution < 1.29 is 19.1 Å². The maximum atomic E-state index is 12.6. The van der Waals surface area contributed by atoms with E-state index in [0.29, 0.717) is 16.5 Å². The van der Waals surface area contributed by atoms with Gasteiger partial charge in [0.2, 0.25) is 5.76 Å². The van der Waals surface area contributed by atoms with Crippen molar-refractivity contribution in [3.8, 4) is 0 Å². The molecule has 1 aromatic heterocycles. The Morgan fingerprint density at radius 2 is 1.73 bits per heavy atom. The lowest BCUT2D eigenvalue weighted by atomic mass is 9.87. The van der Waals surface area contributed by atoms with Gasteiger partial charge in [0.15, 0.2) is 0 Å². The molecule has 0 fully saturated rings. The van der Waals surface area contributed by atoms with Crippen LogP contribution in [-0.4, -0.2) is 17.0 Å². The normalized spacial score (nSPS) is 11.5. The summed E-state index contributed by atoms with van der Waals surface area (Å²) in [6.07, 6.45) is 0. The second kappa shape index (κ2) is 6.61. The van der Waals surface area contributed by atoms with Crippen LogP contribution in [0.5, 0.6) is 0 Å². The summed E-state index contributed by atoms with van der Waals surface area (Å²) in [7, 11) is 0. The van der Waals surface area contributed by atoms with E-state index in [1.165, 1.54) is 0 Å². The van der Waals surface area contributed by atoms with Gasteiger partial charge in [0.1, 0.15) is 11.3 Å². The maximum absolute atomic E-state index is 12.6. The first-order chi connectivity index (χ1) is 12.2. The molecule has 0 bridgehead atoms. The minimum absolute atomic E-state index is 0.0154. The standard InChI is InChI=1S/C20H18BrNO4/c1-20(2,3)12-6-4-11(5-7-12)18(23)22-16-14-10-13(21)8-9-15(14)26-17(16)19(24)25/h4-10H,1-3H3,(H,22,23)(H,24,25). The Morgan fingerprint density at radius 1 is 1.08 bits per heavy atom. The number of hydrogen-bond acceptors (Lipinski definition) is 3. The van der Waals surface area contributed by atoms with E-state index in [9.17, 15) is 14.7 Å². The summed E-state index contributed by atoms with van der Waals surface area (Å²) in [5, 5.41) is 12.6. The Balaban J connectivity index is 1.97. The number of carboxylic acids is 1. The minimum atomic E-state index is -1.24. The van der Waals surface area contributed by atoms with Crippen LogP contribution in [0.3, 0.4) is 0 Å². The number of carbonyl (C=O) groups excluding carboxylic acids is 1. The average Bonchev–Trinajstić information content (AvgIpc) is 2.92. The first-order valence-electron chi connectivity index (χ1n) is 8.04. The van der Waals surface area contributed by atoms with Crippen LogP contribution >= 0.6 is 15.9 Å². The summed E-state index contributed by atoms with van der Waals surface area (Å²) in [5.74, 6) is -1.93. The first-order valence-corrected chi connectivity index (χ1v) is 8.83. The molecule has 0 atom stereocenters. The van der Waals surface area contributed by atoms with Gasteiger partial charge in [-0.2, -0.15) is 0 Å². The van der Waals surface area contributed by atoms with Gasteiger partial charge < -0.3 is 14.8 Å². The van der Waals surface area contributed by atoms with Crippen LogP contribution in [0.15, 0.2) is 51.4 Å². The monoisotopic (exact) mass is 415 g/mol. The highest BCUT2D eigenvalue weighted by molar-refractivity contribution is 9.10. The third kappa shape index (κ3) is 3.51. The van der Waals surface area contributed by atoms with Crippen LogP contribution in [-0.2, 0) is 5.41 Å². The van der Waals surface area contributed by atoms with Crippen LogP contribution < -0.4 is 5.32 Å². The van der Waals surface area contributed by atoms with Gasteiger partial charge in [-0.15, -0.1) is 0 Å². The lowest BCUT2D eigenvalue weighted by Crippen LogP contribution is -2.15. The Bertz CT molecular complexity index is 997. The molecule has 0 radical (unpaired) electrons. The highest BCUT2D eigenvalue weighted by atomic mass is 79.9. The predicted molar refractivity (Wildman–Crippen MR) is 104 cm³/mol. The zero-order valence-electron chi connectivity index (χ0n) is 14.6. The van der Waals surface area contributed by atoms with Gasteiger partial charge in [0.25, 0.3) is 5.91 Å². The van der Waals surface area contributed by atoms with Gasteiger partial charge in [-0.3, -0.25) is 4.79 Å². The lowest BCUT2D eigenvalue weighted by molar-refractivity contribution is 0.0666. The van der Waals surface area contributed by atoms with E-state index in [1.807, 2.05) is 12.1 Å². The summed E-state index contributed by atoms with van der Waals surface area (Å²) in [6.45, 7) is 6.28. The second-order valence-corrected chi connectivity index (χ2v) is 7.95. The Morgan fingerprint density at radius 3 is 2.31 bits per heavy atom. The molecule has 0 unspecified atom stereocenters. The summed E-state index contributed by atoms with van der Waals surface area (Å²) in [4.78, 5) is 24.1. The molecule has 5 nitrogen and oxygen atoms in total. The number of halogens is 1. The molecule has 26 heavy (non-hydrogen) atoms. The molecule has 3 rings (SSSR count). The zero-order chi connectivity index (χ0) is 19.1. The number of aromatic carboxylic acids is 1. The average molecular weight is 416 g/mol. The number of nitrogens with one attached hydrogen (secondary N) is 1. The number of furan rings is 1. The van der Waals surface area contributed by atoms with Crippen molar-refractivity contribution in [1.82, 2.24) is 0 Å². The summed E-state index contributed by atoms with van der Waals surface area (Å²) >= 11 is 3.35. The summed E-state index contributed by atoms with van der Waals surface area (Å²) in [5.41, 5.74) is 2.08. The van der Waals surface area contributed by atoms with Crippen molar-refractivity contribution in [3.63, 3.8) is 0 Å². The largest absolute Gasteiger partial charge is 0.475 e. The van der Waals surface area contributed by atoms with Crippen molar-refractivity contribution >= 4 is 44.5 Å². The van der Waals surface area contributed by atoms with E-state index in [1.54, 1.807) is 30.3 Å². The molecule has 0 spiro atoms. The number of fused-ring (bicyclic) bond motifs is 1. The molecule has 1 amide bonds.